The Morgan fingerprint density at radius 1 is 1.50 bits per heavy atom. The van der Waals surface area contributed by atoms with Crippen LogP contribution in [0.4, 0.5) is 10.1 Å². The molecule has 0 bridgehead atoms. The highest BCUT2D eigenvalue weighted by Crippen LogP contribution is 2.20. The number of hydrogen-bond acceptors (Lipinski definition) is 2. The summed E-state index contributed by atoms with van der Waals surface area (Å²) in [5, 5.41) is 0. The molecule has 1 fully saturated rings. The van der Waals surface area contributed by atoms with E-state index in [4.69, 9.17) is 5.73 Å². The highest BCUT2D eigenvalue weighted by Gasteiger charge is 2.17. The molecule has 0 unspecified atom stereocenters. The van der Waals surface area contributed by atoms with E-state index in [2.05, 4.69) is 11.8 Å². The van der Waals surface area contributed by atoms with E-state index in [0.29, 0.717) is 5.69 Å². The fraction of sp³-hybridized carbons (Fsp3) is 0.538. The van der Waals surface area contributed by atoms with Crippen molar-refractivity contribution in [3.05, 3.63) is 29.6 Å². The van der Waals surface area contributed by atoms with Gasteiger partial charge in [-0.15, -0.1) is 0 Å². The molecule has 1 heterocycles. The molecule has 2 N–H and O–H groups in total. The van der Waals surface area contributed by atoms with Gasteiger partial charge in [-0.25, -0.2) is 4.39 Å². The van der Waals surface area contributed by atoms with Crippen molar-refractivity contribution in [2.75, 3.05) is 18.8 Å². The smallest absolute Gasteiger partial charge is 0.123 e. The molecule has 1 aliphatic rings. The van der Waals surface area contributed by atoms with Gasteiger partial charge in [0.05, 0.1) is 0 Å². The van der Waals surface area contributed by atoms with E-state index in [1.54, 1.807) is 12.1 Å². The van der Waals surface area contributed by atoms with Crippen molar-refractivity contribution in [3.63, 3.8) is 0 Å². The number of nitrogen functional groups attached to an aromatic ring is 1. The lowest BCUT2D eigenvalue weighted by atomic mass is 9.99. The number of anilines is 1. The summed E-state index contributed by atoms with van der Waals surface area (Å²) in [6, 6.07) is 4.62. The first-order valence-electron chi connectivity index (χ1n) is 5.91. The predicted molar refractivity (Wildman–Crippen MR) is 64.5 cm³/mol. The first-order valence-corrected chi connectivity index (χ1v) is 5.91. The highest BCUT2D eigenvalue weighted by molar-refractivity contribution is 5.46. The topological polar surface area (TPSA) is 29.3 Å². The van der Waals surface area contributed by atoms with Crippen LogP contribution in [-0.2, 0) is 6.54 Å². The van der Waals surface area contributed by atoms with Crippen molar-refractivity contribution in [2.45, 2.75) is 26.3 Å². The Kier molecular flexibility index (Phi) is 3.44. The molecule has 1 saturated heterocycles. The summed E-state index contributed by atoms with van der Waals surface area (Å²) in [6.07, 6.45) is 2.53. The van der Waals surface area contributed by atoms with Crippen LogP contribution in [0.1, 0.15) is 25.3 Å². The van der Waals surface area contributed by atoms with Crippen LogP contribution in [-0.4, -0.2) is 18.0 Å². The number of benzene rings is 1. The van der Waals surface area contributed by atoms with Crippen LogP contribution >= 0.6 is 0 Å². The Hall–Kier alpha value is -1.09. The molecule has 1 atom stereocenters. The average Bonchev–Trinajstić information content (AvgIpc) is 2.24. The molecule has 0 amide bonds. The lowest BCUT2D eigenvalue weighted by Crippen LogP contribution is -2.33. The van der Waals surface area contributed by atoms with E-state index < -0.39 is 0 Å². The summed E-state index contributed by atoms with van der Waals surface area (Å²) >= 11 is 0. The number of rotatable bonds is 2. The minimum Gasteiger partial charge on any atom is -0.398 e. The number of piperidine rings is 1. The van der Waals surface area contributed by atoms with Crippen molar-refractivity contribution in [3.8, 4) is 0 Å². The van der Waals surface area contributed by atoms with Crippen LogP contribution < -0.4 is 5.73 Å². The Morgan fingerprint density at radius 3 is 3.06 bits per heavy atom. The van der Waals surface area contributed by atoms with Gasteiger partial charge in [-0.2, -0.15) is 0 Å². The Bertz CT molecular complexity index is 365. The molecule has 1 aromatic carbocycles. The van der Waals surface area contributed by atoms with Gasteiger partial charge in [-0.1, -0.05) is 6.92 Å². The third-order valence-corrected chi connectivity index (χ3v) is 3.24. The summed E-state index contributed by atoms with van der Waals surface area (Å²) in [5.74, 6) is 0.540. The van der Waals surface area contributed by atoms with Crippen molar-refractivity contribution in [1.29, 1.82) is 0 Å². The van der Waals surface area contributed by atoms with Crippen LogP contribution in [0.3, 0.4) is 0 Å². The molecule has 3 heteroatoms. The first kappa shape index (κ1) is 11.4. The minimum atomic E-state index is -0.200. The summed E-state index contributed by atoms with van der Waals surface area (Å²) < 4.78 is 13.1. The largest absolute Gasteiger partial charge is 0.398 e. The molecule has 2 nitrogen and oxygen atoms in total. The molecular formula is C13H19FN2. The molecule has 0 saturated carbocycles. The van der Waals surface area contributed by atoms with Gasteiger partial charge in [0.1, 0.15) is 5.82 Å². The molecule has 16 heavy (non-hydrogen) atoms. The third-order valence-electron chi connectivity index (χ3n) is 3.24. The minimum absolute atomic E-state index is 0.200. The van der Waals surface area contributed by atoms with E-state index in [1.807, 2.05) is 0 Å². The predicted octanol–water partition coefficient (Wildman–Crippen LogP) is 2.64. The fourth-order valence-corrected chi connectivity index (χ4v) is 2.38. The van der Waals surface area contributed by atoms with Crippen molar-refractivity contribution in [1.82, 2.24) is 4.90 Å². The number of likely N-dealkylation sites (tertiary alicyclic amines) is 1. The SMILES string of the molecule is C[C@H]1CCCN(Cc2cc(F)ccc2N)C1. The maximum atomic E-state index is 13.1. The Morgan fingerprint density at radius 2 is 2.31 bits per heavy atom. The zero-order valence-corrected chi connectivity index (χ0v) is 9.75. The van der Waals surface area contributed by atoms with E-state index in [-0.39, 0.29) is 5.82 Å². The van der Waals surface area contributed by atoms with Crippen LogP contribution in [0.5, 0.6) is 0 Å². The van der Waals surface area contributed by atoms with Crippen LogP contribution in [0.2, 0.25) is 0 Å². The standard InChI is InChI=1S/C13H19FN2/c1-10-3-2-6-16(8-10)9-11-7-12(14)4-5-13(11)15/h4-5,7,10H,2-3,6,8-9,15H2,1H3/t10-/m0/s1. The summed E-state index contributed by atoms with van der Waals surface area (Å²) in [7, 11) is 0. The van der Waals surface area contributed by atoms with Gasteiger partial charge in [-0.05, 0) is 49.1 Å². The van der Waals surface area contributed by atoms with Gasteiger partial charge in [0, 0.05) is 18.8 Å². The molecule has 88 valence electrons. The third kappa shape index (κ3) is 2.73. The average molecular weight is 222 g/mol. The van der Waals surface area contributed by atoms with Crippen LogP contribution in [0, 0.1) is 11.7 Å². The quantitative estimate of drug-likeness (QED) is 0.779. The van der Waals surface area contributed by atoms with E-state index >= 15 is 0 Å². The lowest BCUT2D eigenvalue weighted by molar-refractivity contribution is 0.177. The number of nitrogens with two attached hydrogens (primary N) is 1. The van der Waals surface area contributed by atoms with Crippen LogP contribution in [0.25, 0.3) is 0 Å². The summed E-state index contributed by atoms with van der Waals surface area (Å²) in [5.41, 5.74) is 7.45. The molecule has 1 aromatic rings. The van der Waals surface area contributed by atoms with E-state index in [9.17, 15) is 4.39 Å². The molecular weight excluding hydrogens is 203 g/mol. The van der Waals surface area contributed by atoms with Gasteiger partial charge >= 0.3 is 0 Å². The zero-order chi connectivity index (χ0) is 11.5. The normalized spacial score (nSPS) is 22.2. The van der Waals surface area contributed by atoms with Gasteiger partial charge in [-0.3, -0.25) is 4.90 Å². The van der Waals surface area contributed by atoms with Crippen molar-refractivity contribution >= 4 is 5.69 Å². The Balaban J connectivity index is 2.05. The maximum absolute atomic E-state index is 13.1. The second-order valence-corrected chi connectivity index (χ2v) is 4.83. The Labute approximate surface area is 96.2 Å². The zero-order valence-electron chi connectivity index (χ0n) is 9.75. The monoisotopic (exact) mass is 222 g/mol. The molecule has 0 aromatic heterocycles. The van der Waals surface area contributed by atoms with Gasteiger partial charge in [0.25, 0.3) is 0 Å². The summed E-state index contributed by atoms with van der Waals surface area (Å²) in [6.45, 7) is 5.23. The van der Waals surface area contributed by atoms with E-state index in [0.717, 1.165) is 31.1 Å². The first-order chi connectivity index (χ1) is 7.65. The lowest BCUT2D eigenvalue weighted by Gasteiger charge is -2.31. The number of halogens is 1. The highest BCUT2D eigenvalue weighted by atomic mass is 19.1. The summed E-state index contributed by atoms with van der Waals surface area (Å²) in [4.78, 5) is 2.36. The second kappa shape index (κ2) is 4.83. The maximum Gasteiger partial charge on any atom is 0.123 e. The molecule has 1 aliphatic heterocycles. The van der Waals surface area contributed by atoms with Crippen molar-refractivity contribution in [2.24, 2.45) is 5.92 Å². The van der Waals surface area contributed by atoms with Gasteiger partial charge in [0.15, 0.2) is 0 Å². The fourth-order valence-electron chi connectivity index (χ4n) is 2.38. The second-order valence-electron chi connectivity index (χ2n) is 4.83. The number of nitrogens with zero attached hydrogens (tertiary/aromatic N) is 1. The molecule has 2 rings (SSSR count). The van der Waals surface area contributed by atoms with E-state index in [1.165, 1.54) is 18.9 Å². The molecule has 0 radical (unpaired) electrons. The molecule has 0 aliphatic carbocycles. The van der Waals surface area contributed by atoms with Gasteiger partial charge in [0.2, 0.25) is 0 Å². The molecule has 0 spiro atoms. The number of hydrogen-bond donors (Lipinski definition) is 1. The van der Waals surface area contributed by atoms with Crippen molar-refractivity contribution < 1.29 is 4.39 Å². The van der Waals surface area contributed by atoms with Crippen LogP contribution in [0.15, 0.2) is 18.2 Å². The van der Waals surface area contributed by atoms with Gasteiger partial charge < -0.3 is 5.73 Å².